The summed E-state index contributed by atoms with van der Waals surface area (Å²) < 4.78 is 12.8. The topological polar surface area (TPSA) is 36.9 Å². The number of hydrogen-bond donors (Lipinski definition) is 0. The van der Waals surface area contributed by atoms with E-state index < -0.39 is 11.4 Å². The quantitative estimate of drug-likeness (QED) is 0.689. The maximum Gasteiger partial charge on any atom is 0.201 e. The molecule has 4 heterocycles. The van der Waals surface area contributed by atoms with Crippen LogP contribution in [0.1, 0.15) is 60.3 Å². The van der Waals surface area contributed by atoms with E-state index in [1.165, 1.54) is 12.8 Å². The van der Waals surface area contributed by atoms with Crippen molar-refractivity contribution in [3.63, 3.8) is 0 Å². The zero-order valence-corrected chi connectivity index (χ0v) is 14.5. The molecule has 0 aromatic heterocycles. The molecular weight excluding hydrogens is 280 g/mol. The first kappa shape index (κ1) is 15.4. The molecule has 0 radical (unpaired) electrons. The molecule has 4 nitrogen and oxygen atoms in total. The molecule has 126 valence electrons. The zero-order chi connectivity index (χ0) is 15.7. The van der Waals surface area contributed by atoms with Crippen molar-refractivity contribution in [3.8, 4) is 0 Å². The van der Waals surface area contributed by atoms with Crippen LogP contribution in [-0.2, 0) is 19.2 Å². The molecule has 22 heavy (non-hydrogen) atoms. The number of ether oxygens (including phenoxy) is 2. The summed E-state index contributed by atoms with van der Waals surface area (Å²) >= 11 is 0. The highest BCUT2D eigenvalue weighted by molar-refractivity contribution is 5.10. The van der Waals surface area contributed by atoms with E-state index in [9.17, 15) is 0 Å². The minimum atomic E-state index is -0.653. The van der Waals surface area contributed by atoms with Crippen LogP contribution in [0.25, 0.3) is 0 Å². The van der Waals surface area contributed by atoms with E-state index in [2.05, 4.69) is 27.7 Å². The van der Waals surface area contributed by atoms with Crippen LogP contribution >= 0.6 is 0 Å². The fourth-order valence-electron chi connectivity index (χ4n) is 5.70. The molecule has 4 aliphatic heterocycles. The van der Waals surface area contributed by atoms with Gasteiger partial charge in [-0.05, 0) is 49.9 Å². The Labute approximate surface area is 133 Å². The van der Waals surface area contributed by atoms with Gasteiger partial charge in [-0.25, -0.2) is 9.78 Å². The molecule has 0 amide bonds. The summed E-state index contributed by atoms with van der Waals surface area (Å²) in [7, 11) is 0. The number of fused-ring (bicyclic) bond motifs is 2. The van der Waals surface area contributed by atoms with Gasteiger partial charge in [-0.1, -0.05) is 27.7 Å². The molecule has 0 aromatic carbocycles. The highest BCUT2D eigenvalue weighted by atomic mass is 17.3. The van der Waals surface area contributed by atoms with E-state index in [1.807, 2.05) is 6.92 Å². The Kier molecular flexibility index (Phi) is 3.44. The zero-order valence-electron chi connectivity index (χ0n) is 14.5. The van der Waals surface area contributed by atoms with E-state index in [-0.39, 0.29) is 12.4 Å². The molecule has 1 saturated carbocycles. The molecule has 2 bridgehead atoms. The van der Waals surface area contributed by atoms with Crippen LogP contribution < -0.4 is 0 Å². The summed E-state index contributed by atoms with van der Waals surface area (Å²) in [5, 5.41) is 0. The Bertz CT molecular complexity index is 452. The molecule has 0 aromatic rings. The smallest absolute Gasteiger partial charge is 0.201 e. The highest BCUT2D eigenvalue weighted by Gasteiger charge is 2.69. The van der Waals surface area contributed by atoms with Gasteiger partial charge >= 0.3 is 0 Å². The van der Waals surface area contributed by atoms with Crippen molar-refractivity contribution in [3.05, 3.63) is 0 Å². The van der Waals surface area contributed by atoms with Gasteiger partial charge in [0.25, 0.3) is 0 Å². The average molecular weight is 310 g/mol. The molecule has 4 heteroatoms. The summed E-state index contributed by atoms with van der Waals surface area (Å²) in [5.41, 5.74) is -0.404. The molecule has 5 aliphatic rings. The molecule has 4 saturated heterocycles. The summed E-state index contributed by atoms with van der Waals surface area (Å²) in [5.74, 6) is 1.88. The van der Waals surface area contributed by atoms with Crippen LogP contribution in [0, 0.1) is 29.6 Å². The Morgan fingerprint density at radius 2 is 1.77 bits per heavy atom. The van der Waals surface area contributed by atoms with Gasteiger partial charge in [0.05, 0.1) is 6.10 Å². The Hall–Kier alpha value is -0.160. The van der Waals surface area contributed by atoms with Crippen molar-refractivity contribution < 1.29 is 19.2 Å². The van der Waals surface area contributed by atoms with Gasteiger partial charge in [-0.15, -0.1) is 0 Å². The first-order chi connectivity index (χ1) is 10.4. The van der Waals surface area contributed by atoms with Gasteiger partial charge in [-0.3, -0.25) is 0 Å². The van der Waals surface area contributed by atoms with Crippen LogP contribution in [0.4, 0.5) is 0 Å². The van der Waals surface area contributed by atoms with Crippen molar-refractivity contribution in [2.75, 3.05) is 0 Å². The van der Waals surface area contributed by atoms with Crippen molar-refractivity contribution in [1.29, 1.82) is 0 Å². The third-order valence-electron chi connectivity index (χ3n) is 6.87. The predicted molar refractivity (Wildman–Crippen MR) is 81.7 cm³/mol. The van der Waals surface area contributed by atoms with E-state index in [0.717, 1.165) is 12.8 Å². The normalized spacial score (nSPS) is 57.5. The largest absolute Gasteiger partial charge is 0.346 e. The van der Waals surface area contributed by atoms with E-state index >= 15 is 0 Å². The molecule has 1 aliphatic carbocycles. The molecule has 5 rings (SSSR count). The molecule has 1 spiro atoms. The Balaban J connectivity index is 1.79. The van der Waals surface area contributed by atoms with Crippen LogP contribution in [0.15, 0.2) is 0 Å². The first-order valence-electron chi connectivity index (χ1n) is 9.07. The summed E-state index contributed by atoms with van der Waals surface area (Å²) in [6.45, 7) is 11.2. The second-order valence-corrected chi connectivity index (χ2v) is 8.61. The van der Waals surface area contributed by atoms with Crippen LogP contribution in [0.2, 0.25) is 0 Å². The molecule has 5 fully saturated rings. The lowest BCUT2D eigenvalue weighted by atomic mass is 9.57. The second kappa shape index (κ2) is 4.92. The predicted octanol–water partition coefficient (Wildman–Crippen LogP) is 3.89. The number of hydrogen-bond acceptors (Lipinski definition) is 4. The van der Waals surface area contributed by atoms with Gasteiger partial charge in [0, 0.05) is 12.3 Å². The van der Waals surface area contributed by atoms with Crippen molar-refractivity contribution in [2.45, 2.75) is 84.1 Å². The maximum absolute atomic E-state index is 6.49. The third kappa shape index (κ3) is 1.90. The van der Waals surface area contributed by atoms with Crippen LogP contribution in [0.3, 0.4) is 0 Å². The summed E-state index contributed by atoms with van der Waals surface area (Å²) in [6, 6.07) is 0. The van der Waals surface area contributed by atoms with E-state index in [0.29, 0.717) is 29.6 Å². The Morgan fingerprint density at radius 3 is 2.50 bits per heavy atom. The maximum atomic E-state index is 6.49. The molecule has 0 N–H and O–H groups in total. The second-order valence-electron chi connectivity index (χ2n) is 8.61. The minimum absolute atomic E-state index is 0.237. The van der Waals surface area contributed by atoms with Crippen molar-refractivity contribution in [1.82, 2.24) is 0 Å². The van der Waals surface area contributed by atoms with Gasteiger partial charge < -0.3 is 9.47 Å². The van der Waals surface area contributed by atoms with Gasteiger partial charge in [0.15, 0.2) is 11.9 Å². The van der Waals surface area contributed by atoms with E-state index in [1.54, 1.807) is 0 Å². The SMILES string of the molecule is CC(C)C1O[C@H]2O[C@]3(C)CC[C@@H]4[C@@H](C)CC[C@H]([C@@H]1C)C24OO3. The fraction of sp³-hybridized carbons (Fsp3) is 1.00. The number of rotatable bonds is 1. The summed E-state index contributed by atoms with van der Waals surface area (Å²) in [6.07, 6.45) is 4.41. The van der Waals surface area contributed by atoms with Crippen molar-refractivity contribution >= 4 is 0 Å². The fourth-order valence-corrected chi connectivity index (χ4v) is 5.70. The first-order valence-corrected chi connectivity index (χ1v) is 9.07. The van der Waals surface area contributed by atoms with Crippen LogP contribution in [-0.4, -0.2) is 23.8 Å². The monoisotopic (exact) mass is 310 g/mol. The lowest BCUT2D eigenvalue weighted by Crippen LogP contribution is -2.70. The van der Waals surface area contributed by atoms with Crippen LogP contribution in [0.5, 0.6) is 0 Å². The molecular formula is C18H30O4. The van der Waals surface area contributed by atoms with Gasteiger partial charge in [0.2, 0.25) is 5.79 Å². The summed E-state index contributed by atoms with van der Waals surface area (Å²) in [4.78, 5) is 12.0. The molecule has 8 atom stereocenters. The van der Waals surface area contributed by atoms with Gasteiger partial charge in [-0.2, -0.15) is 0 Å². The van der Waals surface area contributed by atoms with E-state index in [4.69, 9.17) is 19.2 Å². The molecule has 2 unspecified atom stereocenters. The highest BCUT2D eigenvalue weighted by Crippen LogP contribution is 2.60. The van der Waals surface area contributed by atoms with Crippen molar-refractivity contribution in [2.24, 2.45) is 29.6 Å². The van der Waals surface area contributed by atoms with Gasteiger partial charge in [0.1, 0.15) is 0 Å². The lowest BCUT2D eigenvalue weighted by Gasteiger charge is -2.61. The average Bonchev–Trinajstić information content (AvgIpc) is 2.69. The standard InChI is InChI=1S/C18H30O4/c1-10(2)15-12(4)14-7-6-11(3)13-8-9-17(5)20-16(19-15)18(13,14)22-21-17/h10-16H,6-9H2,1-5H3/t11-,12-,13+,14+,15?,16-,17-,18?/m0/s1. The lowest BCUT2D eigenvalue weighted by molar-refractivity contribution is -0.571. The minimum Gasteiger partial charge on any atom is -0.346 e. The Morgan fingerprint density at radius 1 is 1.00 bits per heavy atom. The third-order valence-corrected chi connectivity index (χ3v) is 6.87.